The normalized spacial score (nSPS) is 12.1. The van der Waals surface area contributed by atoms with Crippen LogP contribution in [0.25, 0.3) is 0 Å². The Morgan fingerprint density at radius 3 is 2.46 bits per heavy atom. The Bertz CT molecular complexity index is 1050. The number of para-hydroxylation sites is 2. The fourth-order valence-corrected chi connectivity index (χ4v) is 3.27. The van der Waals surface area contributed by atoms with Crippen molar-refractivity contribution in [2.75, 3.05) is 17.7 Å². The molecule has 0 aliphatic carbocycles. The predicted molar refractivity (Wildman–Crippen MR) is 108 cm³/mol. The molecule has 140 valence electrons. The van der Waals surface area contributed by atoms with E-state index in [1.165, 1.54) is 7.11 Å². The topological polar surface area (TPSA) is 79.5 Å². The van der Waals surface area contributed by atoms with Gasteiger partial charge in [-0.25, -0.2) is 0 Å². The number of fused-ring (bicyclic) bond motifs is 1. The summed E-state index contributed by atoms with van der Waals surface area (Å²) in [4.78, 5) is 25.2. The van der Waals surface area contributed by atoms with Gasteiger partial charge in [0.15, 0.2) is 0 Å². The zero-order chi connectivity index (χ0) is 19.5. The fourth-order valence-electron chi connectivity index (χ4n) is 3.27. The number of rotatable bonds is 5. The van der Waals surface area contributed by atoms with Crippen molar-refractivity contribution in [2.24, 2.45) is 0 Å². The predicted octanol–water partition coefficient (Wildman–Crippen LogP) is 3.93. The van der Waals surface area contributed by atoms with Gasteiger partial charge in [-0.1, -0.05) is 30.3 Å². The molecule has 0 saturated heterocycles. The minimum Gasteiger partial charge on any atom is -0.496 e. The van der Waals surface area contributed by atoms with Gasteiger partial charge in [-0.3, -0.25) is 9.59 Å². The summed E-state index contributed by atoms with van der Waals surface area (Å²) in [6.45, 7) is 0.404. The van der Waals surface area contributed by atoms with Crippen LogP contribution < -0.4 is 20.7 Å². The highest BCUT2D eigenvalue weighted by atomic mass is 16.5. The van der Waals surface area contributed by atoms with Crippen molar-refractivity contribution in [3.63, 3.8) is 0 Å². The van der Waals surface area contributed by atoms with Crippen LogP contribution in [0.5, 0.6) is 5.75 Å². The third kappa shape index (κ3) is 3.27. The second-order valence-electron chi connectivity index (χ2n) is 6.34. The van der Waals surface area contributed by atoms with E-state index in [1.807, 2.05) is 36.4 Å². The van der Waals surface area contributed by atoms with Crippen molar-refractivity contribution in [3.8, 4) is 5.75 Å². The maximum absolute atomic E-state index is 12.7. The summed E-state index contributed by atoms with van der Waals surface area (Å²) >= 11 is 0. The SMILES string of the molecule is COc1ccccc1C(=O)Nc1ccc(Nc2ccccc2)c2c1C(=O)NC2. The summed E-state index contributed by atoms with van der Waals surface area (Å²) in [6, 6.07) is 20.3. The molecule has 0 bridgehead atoms. The maximum atomic E-state index is 12.7. The zero-order valence-corrected chi connectivity index (χ0v) is 15.3. The van der Waals surface area contributed by atoms with Crippen LogP contribution in [0.1, 0.15) is 26.3 Å². The molecule has 0 atom stereocenters. The van der Waals surface area contributed by atoms with Gasteiger partial charge in [-0.15, -0.1) is 0 Å². The van der Waals surface area contributed by atoms with Gasteiger partial charge in [-0.2, -0.15) is 0 Å². The number of carbonyl (C=O) groups excluding carboxylic acids is 2. The average molecular weight is 373 g/mol. The monoisotopic (exact) mass is 373 g/mol. The summed E-state index contributed by atoms with van der Waals surface area (Å²) in [5.74, 6) is -0.0615. The number of methoxy groups -OCH3 is 1. The Balaban J connectivity index is 1.66. The van der Waals surface area contributed by atoms with E-state index in [0.717, 1.165) is 16.9 Å². The number of hydrogen-bond acceptors (Lipinski definition) is 4. The Kier molecular flexibility index (Phi) is 4.68. The van der Waals surface area contributed by atoms with Gasteiger partial charge < -0.3 is 20.7 Å². The average Bonchev–Trinajstić information content (AvgIpc) is 3.13. The molecule has 0 unspecified atom stereocenters. The van der Waals surface area contributed by atoms with Gasteiger partial charge >= 0.3 is 0 Å². The van der Waals surface area contributed by atoms with E-state index in [4.69, 9.17) is 4.74 Å². The zero-order valence-electron chi connectivity index (χ0n) is 15.3. The molecule has 0 saturated carbocycles. The Morgan fingerprint density at radius 2 is 1.68 bits per heavy atom. The lowest BCUT2D eigenvalue weighted by Crippen LogP contribution is -2.17. The number of hydrogen-bond donors (Lipinski definition) is 3. The first kappa shape index (κ1) is 17.6. The van der Waals surface area contributed by atoms with Gasteiger partial charge in [0.1, 0.15) is 5.75 Å². The summed E-state index contributed by atoms with van der Waals surface area (Å²) in [7, 11) is 1.52. The van der Waals surface area contributed by atoms with E-state index in [1.54, 1.807) is 30.3 Å². The van der Waals surface area contributed by atoms with Gasteiger partial charge in [0.2, 0.25) is 0 Å². The van der Waals surface area contributed by atoms with Crippen molar-refractivity contribution in [2.45, 2.75) is 6.54 Å². The first-order chi connectivity index (χ1) is 13.7. The van der Waals surface area contributed by atoms with E-state index in [2.05, 4.69) is 16.0 Å². The molecule has 1 aliphatic rings. The standard InChI is InChI=1S/C22H19N3O3/c1-28-19-10-6-5-9-15(19)21(26)25-18-12-11-17(16-13-23-22(27)20(16)18)24-14-7-3-2-4-8-14/h2-12,24H,13H2,1H3,(H,23,27)(H,25,26). The molecule has 0 spiro atoms. The summed E-state index contributed by atoms with van der Waals surface area (Å²) in [5.41, 5.74) is 3.93. The Labute approximate surface area is 162 Å². The molecule has 28 heavy (non-hydrogen) atoms. The molecule has 0 aromatic heterocycles. The summed E-state index contributed by atoms with van der Waals surface area (Å²) in [5, 5.41) is 9.01. The number of benzene rings is 3. The van der Waals surface area contributed by atoms with Crippen molar-refractivity contribution in [1.29, 1.82) is 0 Å². The molecule has 0 fully saturated rings. The molecule has 6 heteroatoms. The van der Waals surface area contributed by atoms with E-state index < -0.39 is 0 Å². The number of ether oxygens (including phenoxy) is 1. The highest BCUT2D eigenvalue weighted by Gasteiger charge is 2.27. The minimum atomic E-state index is -0.330. The molecule has 1 heterocycles. The molecule has 6 nitrogen and oxygen atoms in total. The number of anilines is 3. The molecule has 3 N–H and O–H groups in total. The van der Waals surface area contributed by atoms with Crippen LogP contribution in [-0.2, 0) is 6.54 Å². The molecular weight excluding hydrogens is 354 g/mol. The number of carbonyl (C=O) groups is 2. The molecule has 2 amide bonds. The highest BCUT2D eigenvalue weighted by Crippen LogP contribution is 2.33. The van der Waals surface area contributed by atoms with Gasteiger partial charge in [0.25, 0.3) is 11.8 Å². The molecule has 0 radical (unpaired) electrons. The quantitative estimate of drug-likeness (QED) is 0.633. The van der Waals surface area contributed by atoms with E-state index in [0.29, 0.717) is 29.1 Å². The van der Waals surface area contributed by atoms with E-state index >= 15 is 0 Å². The summed E-state index contributed by atoms with van der Waals surface area (Å²) < 4.78 is 5.25. The third-order valence-corrected chi connectivity index (χ3v) is 4.62. The largest absolute Gasteiger partial charge is 0.496 e. The Morgan fingerprint density at radius 1 is 0.964 bits per heavy atom. The van der Waals surface area contributed by atoms with Gasteiger partial charge in [0.05, 0.1) is 23.9 Å². The van der Waals surface area contributed by atoms with Crippen molar-refractivity contribution in [3.05, 3.63) is 83.4 Å². The first-order valence-corrected chi connectivity index (χ1v) is 8.88. The van der Waals surface area contributed by atoms with Crippen LogP contribution in [0.2, 0.25) is 0 Å². The summed E-state index contributed by atoms with van der Waals surface area (Å²) in [6.07, 6.45) is 0. The Hall–Kier alpha value is -3.80. The lowest BCUT2D eigenvalue weighted by molar-refractivity contribution is 0.0966. The lowest BCUT2D eigenvalue weighted by Gasteiger charge is -2.15. The highest BCUT2D eigenvalue weighted by molar-refractivity contribution is 6.12. The lowest BCUT2D eigenvalue weighted by atomic mass is 10.0. The molecular formula is C22H19N3O3. The third-order valence-electron chi connectivity index (χ3n) is 4.62. The van der Waals surface area contributed by atoms with Crippen LogP contribution in [0.15, 0.2) is 66.7 Å². The molecule has 1 aliphatic heterocycles. The first-order valence-electron chi connectivity index (χ1n) is 8.88. The van der Waals surface area contributed by atoms with Crippen LogP contribution in [0.3, 0.4) is 0 Å². The van der Waals surface area contributed by atoms with Crippen LogP contribution in [-0.4, -0.2) is 18.9 Å². The smallest absolute Gasteiger partial charge is 0.259 e. The van der Waals surface area contributed by atoms with Gasteiger partial charge in [0, 0.05) is 23.5 Å². The maximum Gasteiger partial charge on any atom is 0.259 e. The van der Waals surface area contributed by atoms with Gasteiger partial charge in [-0.05, 0) is 36.4 Å². The minimum absolute atomic E-state index is 0.206. The number of nitrogens with one attached hydrogen (secondary N) is 3. The van der Waals surface area contributed by atoms with Crippen LogP contribution >= 0.6 is 0 Å². The van der Waals surface area contributed by atoms with Crippen molar-refractivity contribution in [1.82, 2.24) is 5.32 Å². The van der Waals surface area contributed by atoms with Crippen LogP contribution in [0, 0.1) is 0 Å². The second kappa shape index (κ2) is 7.44. The van der Waals surface area contributed by atoms with Crippen molar-refractivity contribution >= 4 is 28.9 Å². The van der Waals surface area contributed by atoms with E-state index in [9.17, 15) is 9.59 Å². The fraction of sp³-hybridized carbons (Fsp3) is 0.0909. The van der Waals surface area contributed by atoms with Crippen molar-refractivity contribution < 1.29 is 14.3 Å². The number of amides is 2. The molecule has 3 aromatic rings. The molecule has 3 aromatic carbocycles. The van der Waals surface area contributed by atoms with Crippen LogP contribution in [0.4, 0.5) is 17.1 Å². The molecule has 4 rings (SSSR count). The van der Waals surface area contributed by atoms with E-state index in [-0.39, 0.29) is 11.8 Å². The second-order valence-corrected chi connectivity index (χ2v) is 6.34.